The van der Waals surface area contributed by atoms with Crippen LogP contribution in [0.1, 0.15) is 25.7 Å². The first-order valence-corrected chi connectivity index (χ1v) is 4.04. The smallest absolute Gasteiger partial charge is 0.00645 e. The molecule has 1 saturated carbocycles. The minimum absolute atomic E-state index is 0.574. The van der Waals surface area contributed by atoms with Crippen molar-refractivity contribution in [2.45, 2.75) is 31.7 Å². The Labute approximate surface area is 62.5 Å². The van der Waals surface area contributed by atoms with Crippen molar-refractivity contribution < 1.29 is 0 Å². The molecule has 0 amide bonds. The summed E-state index contributed by atoms with van der Waals surface area (Å²) in [6.07, 6.45) is 6.50. The van der Waals surface area contributed by atoms with Gasteiger partial charge in [-0.3, -0.25) is 0 Å². The van der Waals surface area contributed by atoms with E-state index in [1.54, 1.807) is 6.21 Å². The van der Waals surface area contributed by atoms with E-state index in [1.807, 2.05) is 7.05 Å². The molecular formula is C8H16N2. The molecule has 10 heavy (non-hydrogen) atoms. The Kier molecular flexibility index (Phi) is 2.87. The monoisotopic (exact) mass is 140 g/mol. The maximum Gasteiger partial charge on any atom is 0.00645 e. The molecule has 0 saturated heterocycles. The predicted molar refractivity (Wildman–Crippen MR) is 43.6 cm³/mol. The second-order valence-corrected chi connectivity index (χ2v) is 3.07. The Morgan fingerprint density at radius 3 is 2.30 bits per heavy atom. The van der Waals surface area contributed by atoms with Gasteiger partial charge < -0.3 is 10.7 Å². The molecular weight excluding hydrogens is 124 g/mol. The van der Waals surface area contributed by atoms with Gasteiger partial charge in [-0.15, -0.1) is 0 Å². The molecule has 58 valence electrons. The number of hydrogen-bond acceptors (Lipinski definition) is 2. The van der Waals surface area contributed by atoms with Crippen molar-refractivity contribution in [3.05, 3.63) is 0 Å². The summed E-state index contributed by atoms with van der Waals surface area (Å²) in [6, 6.07) is 0.719. The molecule has 0 aliphatic heterocycles. The Hall–Kier alpha value is -0.370. The molecule has 0 radical (unpaired) electrons. The molecule has 2 heteroatoms. The maximum absolute atomic E-state index is 7.07. The lowest BCUT2D eigenvalue weighted by Crippen LogP contribution is -2.30. The molecule has 2 nitrogen and oxygen atoms in total. The van der Waals surface area contributed by atoms with E-state index < -0.39 is 0 Å². The molecule has 0 heterocycles. The fraction of sp³-hybridized carbons (Fsp3) is 0.875. The van der Waals surface area contributed by atoms with Crippen LogP contribution in [0.4, 0.5) is 0 Å². The van der Waals surface area contributed by atoms with E-state index in [0.717, 1.165) is 6.04 Å². The second kappa shape index (κ2) is 3.71. The van der Waals surface area contributed by atoms with Crippen LogP contribution in [0.15, 0.2) is 0 Å². The molecule has 1 fully saturated rings. The van der Waals surface area contributed by atoms with Crippen LogP contribution in [0.3, 0.4) is 0 Å². The van der Waals surface area contributed by atoms with E-state index in [9.17, 15) is 0 Å². The molecule has 0 aromatic heterocycles. The highest BCUT2D eigenvalue weighted by Gasteiger charge is 2.17. The fourth-order valence-electron chi connectivity index (χ4n) is 1.57. The van der Waals surface area contributed by atoms with Crippen molar-refractivity contribution in [3.63, 3.8) is 0 Å². The van der Waals surface area contributed by atoms with Crippen molar-refractivity contribution in [1.29, 1.82) is 5.41 Å². The van der Waals surface area contributed by atoms with Gasteiger partial charge in [0.15, 0.2) is 0 Å². The fourth-order valence-corrected chi connectivity index (χ4v) is 1.57. The highest BCUT2D eigenvalue weighted by molar-refractivity contribution is 5.56. The third kappa shape index (κ3) is 1.81. The zero-order valence-corrected chi connectivity index (χ0v) is 6.56. The van der Waals surface area contributed by atoms with Crippen LogP contribution in [0.25, 0.3) is 0 Å². The van der Waals surface area contributed by atoms with Crippen LogP contribution < -0.4 is 5.32 Å². The summed E-state index contributed by atoms with van der Waals surface area (Å²) in [5.74, 6) is 0.574. The lowest BCUT2D eigenvalue weighted by molar-refractivity contribution is 0.358. The molecule has 0 unspecified atom stereocenters. The van der Waals surface area contributed by atoms with Gasteiger partial charge in [0.25, 0.3) is 0 Å². The summed E-state index contributed by atoms with van der Waals surface area (Å²) < 4.78 is 0. The average Bonchev–Trinajstić information content (AvgIpc) is 2.05. The van der Waals surface area contributed by atoms with Gasteiger partial charge in [0.05, 0.1) is 0 Å². The lowest BCUT2D eigenvalue weighted by Gasteiger charge is -2.25. The van der Waals surface area contributed by atoms with Crippen molar-refractivity contribution in [2.75, 3.05) is 7.05 Å². The third-order valence-electron chi connectivity index (χ3n) is 2.42. The van der Waals surface area contributed by atoms with Gasteiger partial charge in [-0.2, -0.15) is 0 Å². The van der Waals surface area contributed by atoms with Gasteiger partial charge >= 0.3 is 0 Å². The largest absolute Gasteiger partial charge is 0.317 e. The Morgan fingerprint density at radius 2 is 1.90 bits per heavy atom. The quantitative estimate of drug-likeness (QED) is 0.559. The Balaban J connectivity index is 2.23. The zero-order valence-electron chi connectivity index (χ0n) is 6.56. The molecule has 0 atom stereocenters. The first kappa shape index (κ1) is 7.73. The van der Waals surface area contributed by atoms with Gasteiger partial charge in [-0.1, -0.05) is 0 Å². The third-order valence-corrected chi connectivity index (χ3v) is 2.42. The van der Waals surface area contributed by atoms with E-state index in [2.05, 4.69) is 5.32 Å². The van der Waals surface area contributed by atoms with Gasteiger partial charge in [0.1, 0.15) is 0 Å². The van der Waals surface area contributed by atoms with Crippen LogP contribution in [0, 0.1) is 11.3 Å². The van der Waals surface area contributed by atoms with Gasteiger partial charge in [0, 0.05) is 6.04 Å². The molecule has 2 N–H and O–H groups in total. The van der Waals surface area contributed by atoms with Gasteiger partial charge in [-0.25, -0.2) is 0 Å². The molecule has 0 spiro atoms. The van der Waals surface area contributed by atoms with Crippen LogP contribution in [0.2, 0.25) is 0 Å². The van der Waals surface area contributed by atoms with E-state index in [0.29, 0.717) is 5.92 Å². The number of hydrogen-bond donors (Lipinski definition) is 2. The summed E-state index contributed by atoms with van der Waals surface area (Å²) >= 11 is 0. The topological polar surface area (TPSA) is 35.9 Å². The summed E-state index contributed by atoms with van der Waals surface area (Å²) in [6.45, 7) is 0. The van der Waals surface area contributed by atoms with Crippen LogP contribution in [0.5, 0.6) is 0 Å². The minimum Gasteiger partial charge on any atom is -0.317 e. The first-order chi connectivity index (χ1) is 4.86. The Bertz CT molecular complexity index is 104. The SMILES string of the molecule is CNC1CCC(C=N)CC1. The lowest BCUT2D eigenvalue weighted by atomic mass is 9.87. The highest BCUT2D eigenvalue weighted by atomic mass is 14.9. The zero-order chi connectivity index (χ0) is 7.40. The number of rotatable bonds is 2. The van der Waals surface area contributed by atoms with E-state index in [4.69, 9.17) is 5.41 Å². The first-order valence-electron chi connectivity index (χ1n) is 4.04. The summed E-state index contributed by atoms with van der Waals surface area (Å²) in [5, 5.41) is 10.3. The van der Waals surface area contributed by atoms with Crippen molar-refractivity contribution >= 4 is 6.21 Å². The predicted octanol–water partition coefficient (Wildman–Crippen LogP) is 1.41. The van der Waals surface area contributed by atoms with E-state index in [-0.39, 0.29) is 0 Å². The molecule has 1 aliphatic carbocycles. The summed E-state index contributed by atoms with van der Waals surface area (Å²) in [7, 11) is 2.02. The van der Waals surface area contributed by atoms with E-state index in [1.165, 1.54) is 25.7 Å². The molecule has 1 aliphatic rings. The van der Waals surface area contributed by atoms with Crippen molar-refractivity contribution in [2.24, 2.45) is 5.92 Å². The Morgan fingerprint density at radius 1 is 1.30 bits per heavy atom. The minimum atomic E-state index is 0.574. The van der Waals surface area contributed by atoms with Crippen LogP contribution in [-0.2, 0) is 0 Å². The normalized spacial score (nSPS) is 33.7. The molecule has 1 rings (SSSR count). The second-order valence-electron chi connectivity index (χ2n) is 3.07. The maximum atomic E-state index is 7.07. The van der Waals surface area contributed by atoms with Crippen molar-refractivity contribution in [1.82, 2.24) is 5.32 Å². The molecule has 0 aromatic carbocycles. The standard InChI is InChI=1S/C8H16N2/c1-10-8-4-2-7(6-9)3-5-8/h6-10H,2-5H2,1H3. The van der Waals surface area contributed by atoms with E-state index >= 15 is 0 Å². The van der Waals surface area contributed by atoms with Crippen LogP contribution in [-0.4, -0.2) is 19.3 Å². The average molecular weight is 140 g/mol. The summed E-state index contributed by atoms with van der Waals surface area (Å²) in [5.41, 5.74) is 0. The van der Waals surface area contributed by atoms with Gasteiger partial charge in [-0.05, 0) is 44.9 Å². The number of nitrogens with one attached hydrogen (secondary N) is 2. The molecule has 0 aromatic rings. The van der Waals surface area contributed by atoms with Gasteiger partial charge in [0.2, 0.25) is 0 Å². The summed E-state index contributed by atoms with van der Waals surface area (Å²) in [4.78, 5) is 0. The highest BCUT2D eigenvalue weighted by Crippen LogP contribution is 2.21. The van der Waals surface area contributed by atoms with Crippen LogP contribution >= 0.6 is 0 Å². The van der Waals surface area contributed by atoms with Crippen molar-refractivity contribution in [3.8, 4) is 0 Å². The molecule has 0 bridgehead atoms.